The Morgan fingerprint density at radius 2 is 1.62 bits per heavy atom. The number of para-hydroxylation sites is 1. The highest BCUT2D eigenvalue weighted by molar-refractivity contribution is 5.92. The molecule has 0 unspecified atom stereocenters. The van der Waals surface area contributed by atoms with Gasteiger partial charge in [0.2, 0.25) is 5.91 Å². The highest BCUT2D eigenvalue weighted by Crippen LogP contribution is 2.34. The standard InChI is InChI=1S/C27H25N3O4/c1-18-7-9-21(10-8-18)28-16-20-13-19-14-24-25(34-12-11-33-24)15-23(19)30(27(20)32)17-26(31)29-22-5-3-2-4-6-22/h2-10,13-15,28H,11-12,16-17H2,1H3,(H,29,31). The number of hydrogen-bond acceptors (Lipinski definition) is 5. The number of nitrogens with one attached hydrogen (secondary N) is 2. The van der Waals surface area contributed by atoms with Crippen LogP contribution in [0.1, 0.15) is 11.1 Å². The Bertz CT molecular complexity index is 1400. The molecule has 7 heteroatoms. The molecule has 1 aromatic heterocycles. The summed E-state index contributed by atoms with van der Waals surface area (Å²) in [5, 5.41) is 6.97. The third-order valence-corrected chi connectivity index (χ3v) is 5.73. The first-order valence-corrected chi connectivity index (χ1v) is 11.2. The fourth-order valence-corrected chi connectivity index (χ4v) is 3.99. The van der Waals surface area contributed by atoms with E-state index in [0.29, 0.717) is 48.0 Å². The molecule has 1 amide bonds. The van der Waals surface area contributed by atoms with Crippen LogP contribution in [0.2, 0.25) is 0 Å². The van der Waals surface area contributed by atoms with Gasteiger partial charge in [0, 0.05) is 34.9 Å². The van der Waals surface area contributed by atoms with Crippen LogP contribution in [-0.2, 0) is 17.9 Å². The number of hydrogen-bond donors (Lipinski definition) is 2. The number of fused-ring (bicyclic) bond motifs is 2. The zero-order chi connectivity index (χ0) is 23.5. The number of aryl methyl sites for hydroxylation is 1. The molecule has 4 aromatic rings. The topological polar surface area (TPSA) is 81.6 Å². The number of ether oxygens (including phenoxy) is 2. The van der Waals surface area contributed by atoms with Gasteiger partial charge in [0.15, 0.2) is 11.5 Å². The van der Waals surface area contributed by atoms with Gasteiger partial charge in [-0.2, -0.15) is 0 Å². The third kappa shape index (κ3) is 4.59. The Morgan fingerprint density at radius 3 is 2.35 bits per heavy atom. The zero-order valence-electron chi connectivity index (χ0n) is 18.8. The maximum absolute atomic E-state index is 13.5. The molecule has 0 radical (unpaired) electrons. The van der Waals surface area contributed by atoms with Gasteiger partial charge in [0.05, 0.1) is 5.52 Å². The molecule has 0 saturated carbocycles. The Morgan fingerprint density at radius 1 is 0.912 bits per heavy atom. The summed E-state index contributed by atoms with van der Waals surface area (Å²) in [6.07, 6.45) is 0. The van der Waals surface area contributed by atoms with E-state index in [0.717, 1.165) is 16.6 Å². The number of benzene rings is 3. The summed E-state index contributed by atoms with van der Waals surface area (Å²) in [7, 11) is 0. The molecular weight excluding hydrogens is 430 g/mol. The second kappa shape index (κ2) is 9.31. The number of anilines is 2. The average molecular weight is 456 g/mol. The van der Waals surface area contributed by atoms with E-state index in [9.17, 15) is 9.59 Å². The smallest absolute Gasteiger partial charge is 0.256 e. The van der Waals surface area contributed by atoms with Crippen LogP contribution in [0, 0.1) is 6.92 Å². The highest BCUT2D eigenvalue weighted by atomic mass is 16.6. The number of amides is 1. The first-order chi connectivity index (χ1) is 16.6. The Kier molecular flexibility index (Phi) is 5.91. The predicted molar refractivity (Wildman–Crippen MR) is 133 cm³/mol. The van der Waals surface area contributed by atoms with Crippen molar-refractivity contribution in [1.82, 2.24) is 4.57 Å². The molecule has 172 valence electrons. The average Bonchev–Trinajstić information content (AvgIpc) is 2.85. The van der Waals surface area contributed by atoms with E-state index in [1.54, 1.807) is 6.07 Å². The van der Waals surface area contributed by atoms with Gasteiger partial charge in [-0.05, 0) is 43.3 Å². The molecule has 2 heterocycles. The fraction of sp³-hybridized carbons (Fsp3) is 0.185. The summed E-state index contributed by atoms with van der Waals surface area (Å²) in [5.74, 6) is 0.921. The normalized spacial score (nSPS) is 12.4. The highest BCUT2D eigenvalue weighted by Gasteiger charge is 2.18. The molecule has 1 aliphatic heterocycles. The zero-order valence-corrected chi connectivity index (χ0v) is 18.8. The summed E-state index contributed by atoms with van der Waals surface area (Å²) in [6.45, 7) is 3.14. The number of pyridine rings is 1. The Balaban J connectivity index is 1.51. The molecule has 7 nitrogen and oxygen atoms in total. The number of carbonyl (C=O) groups excluding carboxylic acids is 1. The van der Waals surface area contributed by atoms with Crippen LogP contribution in [0.4, 0.5) is 11.4 Å². The van der Waals surface area contributed by atoms with Crippen molar-refractivity contribution in [3.8, 4) is 11.5 Å². The van der Waals surface area contributed by atoms with E-state index >= 15 is 0 Å². The first-order valence-electron chi connectivity index (χ1n) is 11.2. The monoisotopic (exact) mass is 455 g/mol. The molecule has 34 heavy (non-hydrogen) atoms. The van der Waals surface area contributed by atoms with Crippen LogP contribution in [0.5, 0.6) is 11.5 Å². The van der Waals surface area contributed by atoms with E-state index in [1.807, 2.05) is 73.7 Å². The van der Waals surface area contributed by atoms with Crippen LogP contribution in [0.25, 0.3) is 10.9 Å². The Labute approximate surface area is 196 Å². The summed E-state index contributed by atoms with van der Waals surface area (Å²) >= 11 is 0. The van der Waals surface area contributed by atoms with Crippen LogP contribution in [-0.4, -0.2) is 23.7 Å². The van der Waals surface area contributed by atoms with Gasteiger partial charge in [-0.1, -0.05) is 35.9 Å². The predicted octanol–water partition coefficient (Wildman–Crippen LogP) is 4.33. The lowest BCUT2D eigenvalue weighted by Crippen LogP contribution is -2.31. The number of aromatic nitrogens is 1. The van der Waals surface area contributed by atoms with E-state index in [2.05, 4.69) is 10.6 Å². The van der Waals surface area contributed by atoms with Crippen molar-refractivity contribution in [1.29, 1.82) is 0 Å². The first kappa shape index (κ1) is 21.6. The van der Waals surface area contributed by atoms with Gasteiger partial charge < -0.3 is 20.1 Å². The van der Waals surface area contributed by atoms with Crippen molar-refractivity contribution in [3.05, 3.63) is 94.3 Å². The second-order valence-electron chi connectivity index (χ2n) is 8.25. The minimum atomic E-state index is -0.284. The van der Waals surface area contributed by atoms with Gasteiger partial charge in [0.1, 0.15) is 19.8 Å². The van der Waals surface area contributed by atoms with Gasteiger partial charge in [0.25, 0.3) is 5.56 Å². The largest absolute Gasteiger partial charge is 0.486 e. The van der Waals surface area contributed by atoms with Gasteiger partial charge in [-0.3, -0.25) is 14.2 Å². The lowest BCUT2D eigenvalue weighted by Gasteiger charge is -2.21. The number of rotatable bonds is 6. The van der Waals surface area contributed by atoms with E-state index in [4.69, 9.17) is 9.47 Å². The molecule has 1 aliphatic rings. The van der Waals surface area contributed by atoms with E-state index < -0.39 is 0 Å². The SMILES string of the molecule is Cc1ccc(NCc2cc3cc4c(cc3n(CC(=O)Nc3ccccc3)c2=O)OCCO4)cc1. The van der Waals surface area contributed by atoms with Crippen molar-refractivity contribution in [2.75, 3.05) is 23.8 Å². The van der Waals surface area contributed by atoms with Crippen LogP contribution >= 0.6 is 0 Å². The van der Waals surface area contributed by atoms with Crippen LogP contribution < -0.4 is 25.7 Å². The number of nitrogens with zero attached hydrogens (tertiary/aromatic N) is 1. The molecule has 2 N–H and O–H groups in total. The minimum Gasteiger partial charge on any atom is -0.486 e. The lowest BCUT2D eigenvalue weighted by atomic mass is 10.1. The molecule has 0 bridgehead atoms. The molecule has 3 aromatic carbocycles. The van der Waals surface area contributed by atoms with Crippen molar-refractivity contribution < 1.29 is 14.3 Å². The van der Waals surface area contributed by atoms with Gasteiger partial charge in [-0.25, -0.2) is 0 Å². The third-order valence-electron chi connectivity index (χ3n) is 5.73. The molecule has 0 spiro atoms. The minimum absolute atomic E-state index is 0.123. The fourth-order valence-electron chi connectivity index (χ4n) is 3.99. The molecule has 0 fully saturated rings. The molecule has 0 aliphatic carbocycles. The quantitative estimate of drug-likeness (QED) is 0.452. The van der Waals surface area contributed by atoms with E-state index in [-0.39, 0.29) is 18.0 Å². The van der Waals surface area contributed by atoms with Crippen molar-refractivity contribution >= 4 is 28.2 Å². The van der Waals surface area contributed by atoms with Crippen LogP contribution in [0.15, 0.2) is 77.6 Å². The van der Waals surface area contributed by atoms with Crippen molar-refractivity contribution in [2.45, 2.75) is 20.0 Å². The summed E-state index contributed by atoms with van der Waals surface area (Å²) in [4.78, 5) is 26.3. The lowest BCUT2D eigenvalue weighted by molar-refractivity contribution is -0.116. The van der Waals surface area contributed by atoms with E-state index in [1.165, 1.54) is 4.57 Å². The van der Waals surface area contributed by atoms with Gasteiger partial charge >= 0.3 is 0 Å². The van der Waals surface area contributed by atoms with Crippen molar-refractivity contribution in [3.63, 3.8) is 0 Å². The molecule has 0 saturated heterocycles. The second-order valence-corrected chi connectivity index (χ2v) is 8.25. The maximum atomic E-state index is 13.5. The maximum Gasteiger partial charge on any atom is 0.256 e. The summed E-state index contributed by atoms with van der Waals surface area (Å²) in [6, 6.07) is 22.7. The summed E-state index contributed by atoms with van der Waals surface area (Å²) < 4.78 is 13.0. The number of carbonyl (C=O) groups is 1. The molecule has 0 atom stereocenters. The Hall–Kier alpha value is -4.26. The molecular formula is C27H25N3O4. The van der Waals surface area contributed by atoms with Crippen molar-refractivity contribution in [2.24, 2.45) is 0 Å². The van der Waals surface area contributed by atoms with Crippen LogP contribution in [0.3, 0.4) is 0 Å². The molecule has 5 rings (SSSR count). The summed E-state index contributed by atoms with van der Waals surface area (Å²) in [5.41, 5.74) is 3.70. The van der Waals surface area contributed by atoms with Gasteiger partial charge in [-0.15, -0.1) is 0 Å².